The average molecular weight is 260 g/mol. The van der Waals surface area contributed by atoms with Crippen molar-refractivity contribution >= 4 is 22.5 Å². The van der Waals surface area contributed by atoms with Crippen molar-refractivity contribution in [2.45, 2.75) is 31.6 Å². The third kappa shape index (κ3) is 3.24. The highest BCUT2D eigenvalue weighted by Gasteiger charge is 2.16. The van der Waals surface area contributed by atoms with E-state index in [1.54, 1.807) is 0 Å². The molecule has 0 saturated carbocycles. The Bertz CT molecular complexity index is 526. The van der Waals surface area contributed by atoms with Gasteiger partial charge < -0.3 is 5.73 Å². The summed E-state index contributed by atoms with van der Waals surface area (Å²) in [5.41, 5.74) is 7.45. The van der Waals surface area contributed by atoms with Crippen LogP contribution < -0.4 is 5.73 Å². The van der Waals surface area contributed by atoms with E-state index < -0.39 is 0 Å². The first-order chi connectivity index (χ1) is 8.47. The molecule has 3 heteroatoms. The molecule has 0 bridgehead atoms. The van der Waals surface area contributed by atoms with Crippen molar-refractivity contribution in [3.63, 3.8) is 0 Å². The van der Waals surface area contributed by atoms with E-state index in [2.05, 4.69) is 44.0 Å². The van der Waals surface area contributed by atoms with Crippen LogP contribution in [0.1, 0.15) is 32.4 Å². The van der Waals surface area contributed by atoms with E-state index in [0.717, 1.165) is 16.7 Å². The zero-order valence-electron chi connectivity index (χ0n) is 11.2. The fourth-order valence-electron chi connectivity index (χ4n) is 1.86. The lowest BCUT2D eigenvalue weighted by Crippen LogP contribution is -2.18. The molecule has 0 aliphatic carbocycles. The highest BCUT2D eigenvalue weighted by atomic mass is 32.2. The molecule has 2 aromatic rings. The molecule has 1 heterocycles. The summed E-state index contributed by atoms with van der Waals surface area (Å²) in [5.74, 6) is 0.916. The van der Waals surface area contributed by atoms with Crippen LogP contribution in [-0.2, 0) is 0 Å². The van der Waals surface area contributed by atoms with Gasteiger partial charge in [0.25, 0.3) is 0 Å². The van der Waals surface area contributed by atoms with Gasteiger partial charge in [-0.25, -0.2) is 0 Å². The summed E-state index contributed by atoms with van der Waals surface area (Å²) < 4.78 is 0.246. The first kappa shape index (κ1) is 13.4. The Labute approximate surface area is 113 Å². The largest absolute Gasteiger partial charge is 0.323 e. The number of nitrogens with zero attached hydrogens (tertiary/aromatic N) is 1. The Hall–Kier alpha value is -1.06. The van der Waals surface area contributed by atoms with E-state index in [1.807, 2.05) is 30.2 Å². The molecule has 18 heavy (non-hydrogen) atoms. The number of pyridine rings is 1. The highest BCUT2D eigenvalue weighted by molar-refractivity contribution is 8.00. The van der Waals surface area contributed by atoms with Crippen LogP contribution in [0.4, 0.5) is 0 Å². The minimum absolute atomic E-state index is 0.0350. The van der Waals surface area contributed by atoms with Crippen LogP contribution in [0.15, 0.2) is 36.7 Å². The number of benzene rings is 1. The molecule has 0 aliphatic heterocycles. The number of hydrogen-bond acceptors (Lipinski definition) is 3. The van der Waals surface area contributed by atoms with Gasteiger partial charge in [0.05, 0.1) is 0 Å². The maximum absolute atomic E-state index is 6.31. The molecule has 0 spiro atoms. The lowest BCUT2D eigenvalue weighted by atomic mass is 10.0. The maximum Gasteiger partial charge on any atom is 0.0408 e. The van der Waals surface area contributed by atoms with Crippen LogP contribution in [0, 0.1) is 0 Å². The molecule has 1 aromatic carbocycles. The van der Waals surface area contributed by atoms with Crippen LogP contribution in [0.5, 0.6) is 0 Å². The Morgan fingerprint density at radius 2 is 1.94 bits per heavy atom. The molecule has 0 fully saturated rings. The van der Waals surface area contributed by atoms with Gasteiger partial charge >= 0.3 is 0 Å². The summed E-state index contributed by atoms with van der Waals surface area (Å²) in [5, 5.41) is 2.38. The van der Waals surface area contributed by atoms with Gasteiger partial charge in [-0.15, -0.1) is 0 Å². The Morgan fingerprint density at radius 1 is 1.22 bits per heavy atom. The lowest BCUT2D eigenvalue weighted by molar-refractivity contribution is 0.780. The van der Waals surface area contributed by atoms with Gasteiger partial charge in [0.15, 0.2) is 0 Å². The number of hydrogen-bond donors (Lipinski definition) is 1. The van der Waals surface area contributed by atoms with E-state index >= 15 is 0 Å². The normalized spacial score (nSPS) is 13.8. The molecule has 1 unspecified atom stereocenters. The fraction of sp³-hybridized carbons (Fsp3) is 0.400. The predicted octanol–water partition coefficient (Wildman–Crippen LogP) is 3.77. The summed E-state index contributed by atoms with van der Waals surface area (Å²) in [6.45, 7) is 6.64. The standard InChI is InChI=1S/C15H20N2S/c1-15(2,3)18-10-14(16)13-9-17-8-11-6-4-5-7-12(11)13/h4-9,14H,10,16H2,1-3H3. The van der Waals surface area contributed by atoms with E-state index in [9.17, 15) is 0 Å². The average Bonchev–Trinajstić information content (AvgIpc) is 2.34. The van der Waals surface area contributed by atoms with Crippen LogP contribution in [0.25, 0.3) is 10.8 Å². The Morgan fingerprint density at radius 3 is 2.67 bits per heavy atom. The zero-order valence-corrected chi connectivity index (χ0v) is 12.0. The second kappa shape index (κ2) is 5.29. The molecule has 0 amide bonds. The fourth-order valence-corrected chi connectivity index (χ4v) is 2.72. The Balaban J connectivity index is 2.25. The number of rotatable bonds is 3. The van der Waals surface area contributed by atoms with Gasteiger partial charge in [-0.3, -0.25) is 4.98 Å². The summed E-state index contributed by atoms with van der Waals surface area (Å²) >= 11 is 1.89. The Kier molecular flexibility index (Phi) is 3.93. The van der Waals surface area contributed by atoms with Crippen molar-refractivity contribution in [2.24, 2.45) is 5.73 Å². The van der Waals surface area contributed by atoms with Crippen LogP contribution in [0.2, 0.25) is 0 Å². The molecule has 96 valence electrons. The van der Waals surface area contributed by atoms with Gasteiger partial charge in [-0.05, 0) is 10.9 Å². The second-order valence-corrected chi connectivity index (χ2v) is 7.33. The van der Waals surface area contributed by atoms with E-state index in [-0.39, 0.29) is 10.8 Å². The van der Waals surface area contributed by atoms with Crippen molar-refractivity contribution in [3.05, 3.63) is 42.2 Å². The monoisotopic (exact) mass is 260 g/mol. The maximum atomic E-state index is 6.31. The molecule has 0 aliphatic rings. The first-order valence-corrected chi connectivity index (χ1v) is 7.18. The molecule has 0 saturated heterocycles. The number of aromatic nitrogens is 1. The molecule has 2 rings (SSSR count). The first-order valence-electron chi connectivity index (χ1n) is 6.19. The summed E-state index contributed by atoms with van der Waals surface area (Å²) in [7, 11) is 0. The van der Waals surface area contributed by atoms with Gasteiger partial charge in [-0.1, -0.05) is 45.0 Å². The van der Waals surface area contributed by atoms with Crippen molar-refractivity contribution in [1.29, 1.82) is 0 Å². The minimum Gasteiger partial charge on any atom is -0.323 e. The third-order valence-electron chi connectivity index (χ3n) is 2.79. The topological polar surface area (TPSA) is 38.9 Å². The molecule has 2 nitrogen and oxygen atoms in total. The van der Waals surface area contributed by atoms with Crippen molar-refractivity contribution in [1.82, 2.24) is 4.98 Å². The van der Waals surface area contributed by atoms with Crippen LogP contribution in [0.3, 0.4) is 0 Å². The molecular formula is C15H20N2S. The summed E-state index contributed by atoms with van der Waals surface area (Å²) in [4.78, 5) is 4.29. The van der Waals surface area contributed by atoms with Gasteiger partial charge in [-0.2, -0.15) is 11.8 Å². The van der Waals surface area contributed by atoms with Crippen molar-refractivity contribution < 1.29 is 0 Å². The summed E-state index contributed by atoms with van der Waals surface area (Å²) in [6.07, 6.45) is 3.79. The molecule has 0 radical (unpaired) electrons. The van der Waals surface area contributed by atoms with Crippen molar-refractivity contribution in [2.75, 3.05) is 5.75 Å². The van der Waals surface area contributed by atoms with E-state index in [1.165, 1.54) is 5.39 Å². The smallest absolute Gasteiger partial charge is 0.0408 e. The van der Waals surface area contributed by atoms with Gasteiger partial charge in [0, 0.05) is 34.3 Å². The summed E-state index contributed by atoms with van der Waals surface area (Å²) in [6, 6.07) is 8.31. The van der Waals surface area contributed by atoms with Crippen molar-refractivity contribution in [3.8, 4) is 0 Å². The molecule has 2 N–H and O–H groups in total. The quantitative estimate of drug-likeness (QED) is 0.913. The van der Waals surface area contributed by atoms with Crippen LogP contribution in [-0.4, -0.2) is 15.5 Å². The van der Waals surface area contributed by atoms with Gasteiger partial charge in [0.1, 0.15) is 0 Å². The van der Waals surface area contributed by atoms with E-state index in [4.69, 9.17) is 5.73 Å². The lowest BCUT2D eigenvalue weighted by Gasteiger charge is -2.21. The molecule has 1 atom stereocenters. The third-order valence-corrected chi connectivity index (χ3v) is 4.19. The SMILES string of the molecule is CC(C)(C)SCC(N)c1cncc2ccccc12. The molecular weight excluding hydrogens is 240 g/mol. The second-order valence-electron chi connectivity index (χ2n) is 5.48. The zero-order chi connectivity index (χ0) is 13.2. The minimum atomic E-state index is 0.0350. The van der Waals surface area contributed by atoms with Crippen LogP contribution >= 0.6 is 11.8 Å². The highest BCUT2D eigenvalue weighted by Crippen LogP contribution is 2.29. The predicted molar refractivity (Wildman–Crippen MR) is 80.9 cm³/mol. The number of nitrogens with two attached hydrogens (primary N) is 1. The number of thioether (sulfide) groups is 1. The number of fused-ring (bicyclic) bond motifs is 1. The molecule has 1 aromatic heterocycles. The van der Waals surface area contributed by atoms with E-state index in [0.29, 0.717) is 0 Å². The van der Waals surface area contributed by atoms with Gasteiger partial charge in [0.2, 0.25) is 0 Å².